The molecule has 1 unspecified atom stereocenters. The number of thiocarbonyl (C=S) groups is 1. The van der Waals surface area contributed by atoms with Crippen molar-refractivity contribution in [1.29, 1.82) is 0 Å². The molecule has 1 fully saturated rings. The zero-order valence-corrected chi connectivity index (χ0v) is 21.2. The number of aromatic nitrogens is 3. The Morgan fingerprint density at radius 1 is 1.18 bits per heavy atom. The van der Waals surface area contributed by atoms with Gasteiger partial charge in [0.1, 0.15) is 11.6 Å². The Hall–Kier alpha value is -3.04. The fourth-order valence-corrected chi connectivity index (χ4v) is 4.58. The van der Waals surface area contributed by atoms with Crippen LogP contribution in [0.15, 0.2) is 48.9 Å². The van der Waals surface area contributed by atoms with E-state index in [0.717, 1.165) is 66.1 Å². The highest BCUT2D eigenvalue weighted by molar-refractivity contribution is 7.80. The van der Waals surface area contributed by atoms with Crippen LogP contribution in [0.5, 0.6) is 0 Å². The minimum absolute atomic E-state index is 0.258. The van der Waals surface area contributed by atoms with Crippen LogP contribution < -0.4 is 15.5 Å². The highest BCUT2D eigenvalue weighted by atomic mass is 32.1. The SMILES string of the molecule is CC(C)C1CN(c2cncc(NCCN(C)C)n2)CCN1C(=S)Nc1cccc2ncccc12. The average Bonchev–Trinajstić information content (AvgIpc) is 2.84. The summed E-state index contributed by atoms with van der Waals surface area (Å²) in [6.07, 6.45) is 5.45. The van der Waals surface area contributed by atoms with Crippen molar-refractivity contribution < 1.29 is 0 Å². The summed E-state index contributed by atoms with van der Waals surface area (Å²) >= 11 is 5.89. The minimum Gasteiger partial charge on any atom is -0.367 e. The number of hydrogen-bond acceptors (Lipinski definition) is 7. The molecular weight excluding hydrogens is 444 g/mol. The molecule has 1 aliphatic rings. The maximum atomic E-state index is 5.89. The molecule has 0 bridgehead atoms. The van der Waals surface area contributed by atoms with Gasteiger partial charge in [0.05, 0.1) is 24.0 Å². The number of nitrogens with zero attached hydrogens (tertiary/aromatic N) is 6. The fourth-order valence-electron chi connectivity index (χ4n) is 4.24. The monoisotopic (exact) mass is 478 g/mol. The summed E-state index contributed by atoms with van der Waals surface area (Å²) in [4.78, 5) is 20.5. The van der Waals surface area contributed by atoms with Crippen molar-refractivity contribution in [3.8, 4) is 0 Å². The first-order chi connectivity index (χ1) is 16.4. The topological polar surface area (TPSA) is 72.5 Å². The van der Waals surface area contributed by atoms with Gasteiger partial charge in [0, 0.05) is 50.0 Å². The van der Waals surface area contributed by atoms with Crippen molar-refractivity contribution in [3.05, 3.63) is 48.9 Å². The summed E-state index contributed by atoms with van der Waals surface area (Å²) in [7, 11) is 4.12. The van der Waals surface area contributed by atoms with E-state index in [1.54, 1.807) is 6.20 Å². The second kappa shape index (κ2) is 10.9. The summed E-state index contributed by atoms with van der Waals surface area (Å²) < 4.78 is 0. The summed E-state index contributed by atoms with van der Waals surface area (Å²) in [6, 6.07) is 10.4. The molecule has 2 N–H and O–H groups in total. The number of anilines is 3. The molecule has 1 aliphatic heterocycles. The Kier molecular flexibility index (Phi) is 7.74. The Morgan fingerprint density at radius 2 is 2.03 bits per heavy atom. The van der Waals surface area contributed by atoms with Gasteiger partial charge in [0.25, 0.3) is 0 Å². The van der Waals surface area contributed by atoms with Gasteiger partial charge in [-0.3, -0.25) is 9.97 Å². The van der Waals surface area contributed by atoms with Gasteiger partial charge in [-0.25, -0.2) is 4.98 Å². The first-order valence-electron chi connectivity index (χ1n) is 11.8. The third-order valence-corrected chi connectivity index (χ3v) is 6.48. The van der Waals surface area contributed by atoms with Gasteiger partial charge >= 0.3 is 0 Å². The number of benzene rings is 1. The second-order valence-electron chi connectivity index (χ2n) is 9.25. The van der Waals surface area contributed by atoms with Gasteiger partial charge in [-0.1, -0.05) is 19.9 Å². The van der Waals surface area contributed by atoms with Crippen LogP contribution in [0.2, 0.25) is 0 Å². The molecular formula is C25H34N8S. The van der Waals surface area contributed by atoms with E-state index < -0.39 is 0 Å². The van der Waals surface area contributed by atoms with E-state index >= 15 is 0 Å². The quantitative estimate of drug-likeness (QED) is 0.496. The minimum atomic E-state index is 0.258. The van der Waals surface area contributed by atoms with Crippen molar-refractivity contribution in [3.63, 3.8) is 0 Å². The Morgan fingerprint density at radius 3 is 2.82 bits per heavy atom. The molecule has 9 heteroatoms. The lowest BCUT2D eigenvalue weighted by Gasteiger charge is -2.45. The number of likely N-dealkylation sites (N-methyl/N-ethyl adjacent to an activating group) is 1. The highest BCUT2D eigenvalue weighted by Gasteiger charge is 2.31. The lowest BCUT2D eigenvalue weighted by Crippen LogP contribution is -2.58. The number of rotatable bonds is 7. The molecule has 180 valence electrons. The van der Waals surface area contributed by atoms with E-state index in [1.807, 2.05) is 30.6 Å². The zero-order valence-electron chi connectivity index (χ0n) is 20.4. The molecule has 0 radical (unpaired) electrons. The maximum absolute atomic E-state index is 5.89. The van der Waals surface area contributed by atoms with Gasteiger partial charge < -0.3 is 25.3 Å². The van der Waals surface area contributed by atoms with Crippen LogP contribution in [-0.4, -0.2) is 82.7 Å². The largest absolute Gasteiger partial charge is 0.367 e. The van der Waals surface area contributed by atoms with Crippen LogP contribution in [-0.2, 0) is 0 Å². The summed E-state index contributed by atoms with van der Waals surface area (Å²) in [5, 5.41) is 8.68. The van der Waals surface area contributed by atoms with E-state index in [2.05, 4.69) is 75.4 Å². The first-order valence-corrected chi connectivity index (χ1v) is 12.2. The van der Waals surface area contributed by atoms with Gasteiger partial charge in [-0.15, -0.1) is 0 Å². The van der Waals surface area contributed by atoms with Crippen molar-refractivity contribution >= 4 is 45.6 Å². The maximum Gasteiger partial charge on any atom is 0.173 e. The third kappa shape index (κ3) is 5.71. The van der Waals surface area contributed by atoms with Crippen LogP contribution in [0.25, 0.3) is 10.9 Å². The summed E-state index contributed by atoms with van der Waals surface area (Å²) in [6.45, 7) is 8.75. The molecule has 3 heterocycles. The Balaban J connectivity index is 1.45. The molecule has 1 atom stereocenters. The number of fused-ring (bicyclic) bond motifs is 1. The molecule has 0 saturated carbocycles. The average molecular weight is 479 g/mol. The van der Waals surface area contributed by atoms with E-state index in [-0.39, 0.29) is 6.04 Å². The molecule has 0 aliphatic carbocycles. The fraction of sp³-hybridized carbons (Fsp3) is 0.440. The summed E-state index contributed by atoms with van der Waals surface area (Å²) in [5.41, 5.74) is 1.95. The molecule has 4 rings (SSSR count). The van der Waals surface area contributed by atoms with Crippen LogP contribution >= 0.6 is 12.2 Å². The predicted molar refractivity (Wildman–Crippen MR) is 145 cm³/mol. The van der Waals surface area contributed by atoms with Crippen LogP contribution in [0.1, 0.15) is 13.8 Å². The molecule has 34 heavy (non-hydrogen) atoms. The van der Waals surface area contributed by atoms with Crippen molar-refractivity contribution in [1.82, 2.24) is 24.8 Å². The standard InChI is InChI=1S/C25H34N8S/c1-18(2)22-17-32(24-16-26-15-23(30-24)28-11-12-31(3)4)13-14-33(22)25(34)29-21-9-5-8-20-19(21)7-6-10-27-20/h5-10,15-16,18,22H,11-14,17H2,1-4H3,(H,28,30)(H,29,34). The van der Waals surface area contributed by atoms with Gasteiger partial charge in [0.2, 0.25) is 0 Å². The third-order valence-electron chi connectivity index (χ3n) is 6.15. The van der Waals surface area contributed by atoms with Crippen LogP contribution in [0.4, 0.5) is 17.3 Å². The normalized spacial score (nSPS) is 16.4. The highest BCUT2D eigenvalue weighted by Crippen LogP contribution is 2.25. The molecule has 3 aromatic rings. The molecule has 2 aromatic heterocycles. The predicted octanol–water partition coefficient (Wildman–Crippen LogP) is 3.54. The number of pyridine rings is 1. The zero-order chi connectivity index (χ0) is 24.1. The van der Waals surface area contributed by atoms with Crippen molar-refractivity contribution in [2.24, 2.45) is 5.92 Å². The van der Waals surface area contributed by atoms with E-state index in [1.165, 1.54) is 0 Å². The molecule has 0 spiro atoms. The Labute approximate surface area is 207 Å². The molecule has 0 amide bonds. The van der Waals surface area contributed by atoms with E-state index in [4.69, 9.17) is 17.2 Å². The lowest BCUT2D eigenvalue weighted by molar-refractivity contribution is 0.227. The van der Waals surface area contributed by atoms with Gasteiger partial charge in [0.15, 0.2) is 5.11 Å². The molecule has 8 nitrogen and oxygen atoms in total. The molecule has 1 saturated heterocycles. The van der Waals surface area contributed by atoms with Gasteiger partial charge in [-0.2, -0.15) is 0 Å². The lowest BCUT2D eigenvalue weighted by atomic mass is 10.00. The number of piperazine rings is 1. The Bertz CT molecular complexity index is 1110. The first kappa shape index (κ1) is 24.1. The van der Waals surface area contributed by atoms with E-state index in [0.29, 0.717) is 5.92 Å². The van der Waals surface area contributed by atoms with Gasteiger partial charge in [-0.05, 0) is 56.5 Å². The smallest absolute Gasteiger partial charge is 0.173 e. The summed E-state index contributed by atoms with van der Waals surface area (Å²) in [5.74, 6) is 2.13. The van der Waals surface area contributed by atoms with Crippen LogP contribution in [0, 0.1) is 5.92 Å². The number of nitrogens with one attached hydrogen (secondary N) is 2. The van der Waals surface area contributed by atoms with Crippen molar-refractivity contribution in [2.75, 3.05) is 62.4 Å². The van der Waals surface area contributed by atoms with Crippen LogP contribution in [0.3, 0.4) is 0 Å². The van der Waals surface area contributed by atoms with E-state index in [9.17, 15) is 0 Å². The van der Waals surface area contributed by atoms with Crippen molar-refractivity contribution in [2.45, 2.75) is 19.9 Å². The number of hydrogen-bond donors (Lipinski definition) is 2. The second-order valence-corrected chi connectivity index (χ2v) is 9.64. The molecule has 1 aromatic carbocycles.